The average molecular weight is 274 g/mol. The second-order valence-corrected chi connectivity index (χ2v) is 7.61. The van der Waals surface area contributed by atoms with Crippen LogP contribution in [0.4, 0.5) is 0 Å². The molecule has 1 heterocycles. The maximum Gasteiger partial charge on any atom is 0.215 e. The minimum absolute atomic E-state index is 0.186. The first kappa shape index (κ1) is 13.0. The number of nitrogens with zero attached hydrogens (tertiary/aromatic N) is 1. The smallest absolute Gasteiger partial charge is 0.215 e. The van der Waals surface area contributed by atoms with Gasteiger partial charge in [-0.1, -0.05) is 6.07 Å². The lowest BCUT2D eigenvalue weighted by Gasteiger charge is -2.16. The van der Waals surface area contributed by atoms with Crippen LogP contribution >= 0.6 is 11.3 Å². The van der Waals surface area contributed by atoms with Crippen molar-refractivity contribution >= 4 is 21.4 Å². The van der Waals surface area contributed by atoms with Crippen molar-refractivity contribution in [3.05, 3.63) is 22.4 Å². The molecule has 0 amide bonds. The van der Waals surface area contributed by atoms with E-state index in [-0.39, 0.29) is 5.75 Å². The van der Waals surface area contributed by atoms with Crippen molar-refractivity contribution in [2.75, 3.05) is 19.3 Å². The largest absolute Gasteiger partial charge is 0.313 e. The van der Waals surface area contributed by atoms with Crippen LogP contribution in [-0.4, -0.2) is 38.1 Å². The Kier molecular flexibility index (Phi) is 4.19. The molecule has 0 unspecified atom stereocenters. The van der Waals surface area contributed by atoms with E-state index in [9.17, 15) is 8.42 Å². The zero-order valence-corrected chi connectivity index (χ0v) is 11.6. The summed E-state index contributed by atoms with van der Waals surface area (Å²) in [5.74, 6) is 0.186. The Morgan fingerprint density at radius 3 is 2.88 bits per heavy atom. The second kappa shape index (κ2) is 5.48. The van der Waals surface area contributed by atoms with Gasteiger partial charge in [-0.15, -0.1) is 11.3 Å². The summed E-state index contributed by atoms with van der Waals surface area (Å²) in [4.78, 5) is 1.08. The molecule has 1 aromatic heterocycles. The average Bonchev–Trinajstić information content (AvgIpc) is 2.94. The normalized spacial score (nSPS) is 16.6. The van der Waals surface area contributed by atoms with E-state index in [2.05, 4.69) is 5.32 Å². The van der Waals surface area contributed by atoms with E-state index < -0.39 is 10.0 Å². The topological polar surface area (TPSA) is 49.4 Å². The van der Waals surface area contributed by atoms with Crippen molar-refractivity contribution in [2.24, 2.45) is 0 Å². The predicted octanol–water partition coefficient (Wildman–Crippen LogP) is 1.26. The van der Waals surface area contributed by atoms with Crippen LogP contribution in [-0.2, 0) is 16.6 Å². The van der Waals surface area contributed by atoms with E-state index in [1.165, 1.54) is 17.1 Å². The van der Waals surface area contributed by atoms with Gasteiger partial charge in [0, 0.05) is 31.1 Å². The van der Waals surface area contributed by atoms with Gasteiger partial charge in [0.05, 0.1) is 5.75 Å². The van der Waals surface area contributed by atoms with Crippen LogP contribution in [0.25, 0.3) is 0 Å². The third kappa shape index (κ3) is 4.06. The van der Waals surface area contributed by atoms with Gasteiger partial charge in [0.1, 0.15) is 0 Å². The van der Waals surface area contributed by atoms with Crippen LogP contribution in [0.5, 0.6) is 0 Å². The Morgan fingerprint density at radius 1 is 1.53 bits per heavy atom. The summed E-state index contributed by atoms with van der Waals surface area (Å²) in [7, 11) is -1.48. The Bertz CT molecular complexity index is 438. The molecule has 6 heteroatoms. The minimum Gasteiger partial charge on any atom is -0.313 e. The molecule has 0 aliphatic heterocycles. The molecule has 1 aliphatic rings. The van der Waals surface area contributed by atoms with Gasteiger partial charge in [-0.3, -0.25) is 0 Å². The fourth-order valence-corrected chi connectivity index (χ4v) is 3.42. The number of hydrogen-bond acceptors (Lipinski definition) is 4. The third-order valence-corrected chi connectivity index (χ3v) is 5.46. The molecule has 1 saturated carbocycles. The molecular formula is C11H18N2O2S2. The summed E-state index contributed by atoms with van der Waals surface area (Å²) >= 11 is 1.58. The molecule has 1 N–H and O–H groups in total. The van der Waals surface area contributed by atoms with Gasteiger partial charge in [0.15, 0.2) is 0 Å². The van der Waals surface area contributed by atoms with E-state index in [1.807, 2.05) is 17.5 Å². The molecule has 0 spiro atoms. The minimum atomic E-state index is -3.13. The van der Waals surface area contributed by atoms with E-state index in [4.69, 9.17) is 0 Å². The molecule has 4 nitrogen and oxygen atoms in total. The number of hydrogen-bond donors (Lipinski definition) is 1. The summed E-state index contributed by atoms with van der Waals surface area (Å²) in [6, 6.07) is 4.46. The highest BCUT2D eigenvalue weighted by Gasteiger charge is 2.23. The Balaban J connectivity index is 1.80. The summed E-state index contributed by atoms with van der Waals surface area (Å²) in [6.45, 7) is 1.03. The lowest BCUT2D eigenvalue weighted by atomic mass is 10.5. The molecule has 17 heavy (non-hydrogen) atoms. The van der Waals surface area contributed by atoms with E-state index in [0.717, 1.165) is 4.88 Å². The predicted molar refractivity (Wildman–Crippen MR) is 70.6 cm³/mol. The third-order valence-electron chi connectivity index (χ3n) is 2.80. The van der Waals surface area contributed by atoms with Crippen LogP contribution in [0.3, 0.4) is 0 Å². The first-order valence-corrected chi connectivity index (χ1v) is 8.26. The molecule has 0 bridgehead atoms. The van der Waals surface area contributed by atoms with Crippen LogP contribution in [0.1, 0.15) is 17.7 Å². The zero-order valence-electron chi connectivity index (χ0n) is 9.93. The molecule has 1 aromatic rings. The van der Waals surface area contributed by atoms with Crippen LogP contribution in [0.15, 0.2) is 17.5 Å². The quantitative estimate of drug-likeness (QED) is 0.814. The molecule has 2 rings (SSSR count). The molecule has 0 atom stereocenters. The van der Waals surface area contributed by atoms with E-state index >= 15 is 0 Å². The number of nitrogens with one attached hydrogen (secondary N) is 1. The van der Waals surface area contributed by atoms with E-state index in [1.54, 1.807) is 18.4 Å². The number of sulfonamides is 1. The number of thiophene rings is 1. The first-order chi connectivity index (χ1) is 8.08. The van der Waals surface area contributed by atoms with Crippen molar-refractivity contribution in [3.63, 3.8) is 0 Å². The summed E-state index contributed by atoms with van der Waals surface area (Å²) in [6.07, 6.45) is 2.37. The van der Waals surface area contributed by atoms with Crippen LogP contribution in [0.2, 0.25) is 0 Å². The Hall–Kier alpha value is -0.430. The highest BCUT2D eigenvalue weighted by molar-refractivity contribution is 7.89. The Morgan fingerprint density at radius 2 is 2.29 bits per heavy atom. The van der Waals surface area contributed by atoms with Gasteiger partial charge >= 0.3 is 0 Å². The molecule has 0 aromatic carbocycles. The number of rotatable bonds is 7. The van der Waals surface area contributed by atoms with Gasteiger partial charge in [0.25, 0.3) is 0 Å². The van der Waals surface area contributed by atoms with E-state index in [0.29, 0.717) is 19.1 Å². The molecule has 96 valence electrons. The fourth-order valence-electron chi connectivity index (χ4n) is 1.56. The molecule has 1 aliphatic carbocycles. The molecule has 0 radical (unpaired) electrons. The van der Waals surface area contributed by atoms with Crippen LogP contribution < -0.4 is 5.32 Å². The lowest BCUT2D eigenvalue weighted by Crippen LogP contribution is -2.33. The SMILES string of the molecule is CN(Cc1cccs1)S(=O)(=O)CCNC1CC1. The van der Waals surface area contributed by atoms with Gasteiger partial charge in [-0.05, 0) is 24.3 Å². The van der Waals surface area contributed by atoms with Crippen molar-refractivity contribution in [2.45, 2.75) is 25.4 Å². The summed E-state index contributed by atoms with van der Waals surface area (Å²) in [5.41, 5.74) is 0. The highest BCUT2D eigenvalue weighted by Crippen LogP contribution is 2.18. The molecular weight excluding hydrogens is 256 g/mol. The maximum atomic E-state index is 11.9. The second-order valence-electron chi connectivity index (χ2n) is 4.38. The van der Waals surface area contributed by atoms with Crippen LogP contribution in [0, 0.1) is 0 Å². The van der Waals surface area contributed by atoms with Crippen molar-refractivity contribution in [3.8, 4) is 0 Å². The van der Waals surface area contributed by atoms with Gasteiger partial charge in [0.2, 0.25) is 10.0 Å². The standard InChI is InChI=1S/C11H18N2O2S2/c1-13(9-11-3-2-7-16-11)17(14,15)8-6-12-10-4-5-10/h2-3,7,10,12H,4-6,8-9H2,1H3. The summed E-state index contributed by atoms with van der Waals surface area (Å²) in [5, 5.41) is 5.19. The first-order valence-electron chi connectivity index (χ1n) is 5.78. The van der Waals surface area contributed by atoms with Gasteiger partial charge in [-0.25, -0.2) is 8.42 Å². The highest BCUT2D eigenvalue weighted by atomic mass is 32.2. The maximum absolute atomic E-state index is 11.9. The molecule has 0 saturated heterocycles. The monoisotopic (exact) mass is 274 g/mol. The summed E-state index contributed by atoms with van der Waals surface area (Å²) < 4.78 is 25.3. The fraction of sp³-hybridized carbons (Fsp3) is 0.636. The zero-order chi connectivity index (χ0) is 12.3. The van der Waals surface area contributed by atoms with Gasteiger partial charge in [-0.2, -0.15) is 4.31 Å². The van der Waals surface area contributed by atoms with Crippen molar-refractivity contribution in [1.82, 2.24) is 9.62 Å². The molecule has 1 fully saturated rings. The lowest BCUT2D eigenvalue weighted by molar-refractivity contribution is 0.468. The Labute approximate surface area is 107 Å². The van der Waals surface area contributed by atoms with Crippen molar-refractivity contribution in [1.29, 1.82) is 0 Å². The van der Waals surface area contributed by atoms with Gasteiger partial charge < -0.3 is 5.32 Å². The van der Waals surface area contributed by atoms with Crippen molar-refractivity contribution < 1.29 is 8.42 Å².